The van der Waals surface area contributed by atoms with E-state index in [1.807, 2.05) is 50.2 Å². The van der Waals surface area contributed by atoms with Gasteiger partial charge in [-0.3, -0.25) is 0 Å². The lowest BCUT2D eigenvalue weighted by atomic mass is 10.1. The molecule has 0 aliphatic carbocycles. The molecule has 0 amide bonds. The van der Waals surface area contributed by atoms with Gasteiger partial charge in [-0.05, 0) is 19.1 Å². The number of aromatic carboxylic acids is 1. The first-order chi connectivity index (χ1) is 8.49. The van der Waals surface area contributed by atoms with E-state index in [2.05, 4.69) is 4.98 Å². The van der Waals surface area contributed by atoms with Crippen molar-refractivity contribution in [1.29, 1.82) is 0 Å². The van der Waals surface area contributed by atoms with Crippen LogP contribution in [-0.2, 0) is 0 Å². The molecule has 0 aliphatic rings. The molecule has 0 atom stereocenters. The minimum atomic E-state index is -0.973. The van der Waals surface area contributed by atoms with E-state index < -0.39 is 5.97 Å². The molecule has 1 heterocycles. The Balaban J connectivity index is 2.39. The van der Waals surface area contributed by atoms with E-state index in [9.17, 15) is 4.79 Å². The predicted molar refractivity (Wildman–Crippen MR) is 73.6 cm³/mol. The summed E-state index contributed by atoms with van der Waals surface area (Å²) in [4.78, 5) is 18.0. The van der Waals surface area contributed by atoms with Gasteiger partial charge in [0.15, 0.2) is 0 Å². The Hall–Kier alpha value is -1.88. The Bertz CT molecular complexity index is 573. The molecule has 0 saturated carbocycles. The number of benzene rings is 1. The van der Waals surface area contributed by atoms with Crippen LogP contribution in [-0.4, -0.2) is 30.2 Å². The van der Waals surface area contributed by atoms with Gasteiger partial charge in [0, 0.05) is 30.2 Å². The van der Waals surface area contributed by atoms with Gasteiger partial charge in [0.1, 0.15) is 0 Å². The van der Waals surface area contributed by atoms with Gasteiger partial charge < -0.3 is 10.0 Å². The normalized spacial score (nSPS) is 10.4. The maximum absolute atomic E-state index is 10.9. The van der Waals surface area contributed by atoms with Gasteiger partial charge in [-0.25, -0.2) is 9.78 Å². The monoisotopic (exact) mass is 262 g/mol. The van der Waals surface area contributed by atoms with Crippen molar-refractivity contribution in [3.8, 4) is 11.3 Å². The largest absolute Gasteiger partial charge is 0.476 e. The molecule has 0 spiro atoms. The fraction of sp³-hybridized carbons (Fsp3) is 0.231. The quantitative estimate of drug-likeness (QED) is 0.924. The number of nitrogens with zero attached hydrogens (tertiary/aromatic N) is 2. The molecule has 0 fully saturated rings. The molecular weight excluding hydrogens is 248 g/mol. The third-order valence-corrected chi connectivity index (χ3v) is 3.60. The van der Waals surface area contributed by atoms with Crippen LogP contribution >= 0.6 is 11.3 Å². The molecule has 0 unspecified atom stereocenters. The van der Waals surface area contributed by atoms with E-state index in [1.165, 1.54) is 11.3 Å². The summed E-state index contributed by atoms with van der Waals surface area (Å²) in [6.45, 7) is 1.89. The highest BCUT2D eigenvalue weighted by molar-refractivity contribution is 7.13. The number of hydrogen-bond donors (Lipinski definition) is 1. The summed E-state index contributed by atoms with van der Waals surface area (Å²) >= 11 is 1.21. The number of rotatable bonds is 3. The van der Waals surface area contributed by atoms with Crippen molar-refractivity contribution in [2.24, 2.45) is 0 Å². The molecule has 0 saturated heterocycles. The highest BCUT2D eigenvalue weighted by Gasteiger charge is 2.14. The molecule has 0 radical (unpaired) electrons. The number of hydrogen-bond acceptors (Lipinski definition) is 4. The van der Waals surface area contributed by atoms with Gasteiger partial charge in [-0.1, -0.05) is 12.1 Å². The van der Waals surface area contributed by atoms with Gasteiger partial charge in [0.25, 0.3) is 0 Å². The molecule has 2 rings (SSSR count). The summed E-state index contributed by atoms with van der Waals surface area (Å²) in [6.07, 6.45) is 0. The van der Waals surface area contributed by atoms with E-state index in [1.54, 1.807) is 0 Å². The molecule has 4 nitrogen and oxygen atoms in total. The van der Waals surface area contributed by atoms with Crippen LogP contribution in [0.5, 0.6) is 0 Å². The number of carboxylic acids is 1. The fourth-order valence-electron chi connectivity index (χ4n) is 1.67. The summed E-state index contributed by atoms with van der Waals surface area (Å²) in [5.74, 6) is -0.973. The van der Waals surface area contributed by atoms with Crippen molar-refractivity contribution in [3.05, 3.63) is 34.2 Å². The molecule has 18 heavy (non-hydrogen) atoms. The molecule has 0 aliphatic heterocycles. The summed E-state index contributed by atoms with van der Waals surface area (Å²) in [5.41, 5.74) is 2.80. The molecule has 94 valence electrons. The first-order valence-corrected chi connectivity index (χ1v) is 6.29. The maximum Gasteiger partial charge on any atom is 0.365 e. The van der Waals surface area contributed by atoms with E-state index in [0.29, 0.717) is 0 Å². The standard InChI is InChI=1S/C13H14N2O2S/c1-8-11(14-12(18-8)13(16)17)9-4-6-10(7-5-9)15(2)3/h4-7H,1-3H3,(H,16,17). The third-order valence-electron chi connectivity index (χ3n) is 2.64. The van der Waals surface area contributed by atoms with Crippen LogP contribution in [0.15, 0.2) is 24.3 Å². The first kappa shape index (κ1) is 12.6. The Kier molecular flexibility index (Phi) is 3.34. The smallest absolute Gasteiger partial charge is 0.365 e. The molecule has 1 aromatic carbocycles. The lowest BCUT2D eigenvalue weighted by molar-refractivity contribution is 0.0696. The molecule has 5 heteroatoms. The van der Waals surface area contributed by atoms with Crippen LogP contribution in [0.2, 0.25) is 0 Å². The van der Waals surface area contributed by atoms with E-state index in [-0.39, 0.29) is 5.01 Å². The van der Waals surface area contributed by atoms with Gasteiger partial charge in [0.2, 0.25) is 5.01 Å². The second-order valence-electron chi connectivity index (χ2n) is 4.17. The second kappa shape index (κ2) is 4.78. The van der Waals surface area contributed by atoms with Crippen molar-refractivity contribution in [1.82, 2.24) is 4.98 Å². The summed E-state index contributed by atoms with van der Waals surface area (Å²) in [5, 5.41) is 9.07. The zero-order valence-electron chi connectivity index (χ0n) is 10.5. The second-order valence-corrected chi connectivity index (χ2v) is 5.37. The highest BCUT2D eigenvalue weighted by atomic mass is 32.1. The van der Waals surface area contributed by atoms with Crippen molar-refractivity contribution >= 4 is 23.0 Å². The van der Waals surface area contributed by atoms with Gasteiger partial charge >= 0.3 is 5.97 Å². The number of anilines is 1. The van der Waals surface area contributed by atoms with Crippen molar-refractivity contribution in [3.63, 3.8) is 0 Å². The SMILES string of the molecule is Cc1sc(C(=O)O)nc1-c1ccc(N(C)C)cc1. The predicted octanol–water partition coefficient (Wildman–Crippen LogP) is 2.88. The minimum Gasteiger partial charge on any atom is -0.476 e. The van der Waals surface area contributed by atoms with E-state index in [4.69, 9.17) is 5.11 Å². The third kappa shape index (κ3) is 2.36. The van der Waals surface area contributed by atoms with E-state index >= 15 is 0 Å². The van der Waals surface area contributed by atoms with Crippen molar-refractivity contribution < 1.29 is 9.90 Å². The number of thiazole rings is 1. The average molecular weight is 262 g/mol. The van der Waals surface area contributed by atoms with Crippen LogP contribution < -0.4 is 4.90 Å². The fourth-order valence-corrected chi connectivity index (χ4v) is 2.45. The first-order valence-electron chi connectivity index (χ1n) is 5.47. The lowest BCUT2D eigenvalue weighted by Gasteiger charge is -2.12. The summed E-state index contributed by atoms with van der Waals surface area (Å²) < 4.78 is 0. The highest BCUT2D eigenvalue weighted by Crippen LogP contribution is 2.28. The van der Waals surface area contributed by atoms with E-state index in [0.717, 1.165) is 21.8 Å². The van der Waals surface area contributed by atoms with Crippen LogP contribution in [0.3, 0.4) is 0 Å². The lowest BCUT2D eigenvalue weighted by Crippen LogP contribution is -2.07. The number of carboxylic acid groups (broad SMARTS) is 1. The zero-order valence-corrected chi connectivity index (χ0v) is 11.3. The Morgan fingerprint density at radius 1 is 1.28 bits per heavy atom. The summed E-state index contributed by atoms with van der Waals surface area (Å²) in [7, 11) is 3.96. The van der Waals surface area contributed by atoms with Crippen LogP contribution in [0.1, 0.15) is 14.7 Å². The summed E-state index contributed by atoms with van der Waals surface area (Å²) in [6, 6.07) is 7.91. The Morgan fingerprint density at radius 2 is 1.89 bits per heavy atom. The van der Waals surface area contributed by atoms with Crippen molar-refractivity contribution in [2.45, 2.75) is 6.92 Å². The average Bonchev–Trinajstić information content (AvgIpc) is 2.71. The Morgan fingerprint density at radius 3 is 2.33 bits per heavy atom. The number of aryl methyl sites for hydroxylation is 1. The molecular formula is C13H14N2O2S. The molecule has 1 aromatic heterocycles. The van der Waals surface area contributed by atoms with Gasteiger partial charge in [-0.15, -0.1) is 11.3 Å². The van der Waals surface area contributed by atoms with Crippen LogP contribution in [0, 0.1) is 6.92 Å². The van der Waals surface area contributed by atoms with Gasteiger partial charge in [0.05, 0.1) is 5.69 Å². The number of carbonyl (C=O) groups is 1. The zero-order chi connectivity index (χ0) is 13.3. The van der Waals surface area contributed by atoms with Crippen LogP contribution in [0.25, 0.3) is 11.3 Å². The van der Waals surface area contributed by atoms with Gasteiger partial charge in [-0.2, -0.15) is 0 Å². The topological polar surface area (TPSA) is 53.4 Å². The molecule has 0 bridgehead atoms. The van der Waals surface area contributed by atoms with Crippen molar-refractivity contribution in [2.75, 3.05) is 19.0 Å². The molecule has 2 aromatic rings. The maximum atomic E-state index is 10.9. The minimum absolute atomic E-state index is 0.138. The molecule has 1 N–H and O–H groups in total. The Labute approximate surface area is 110 Å². The van der Waals surface area contributed by atoms with Crippen LogP contribution in [0.4, 0.5) is 5.69 Å². The number of aromatic nitrogens is 1.